The van der Waals surface area contributed by atoms with Gasteiger partial charge in [-0.15, -0.1) is 0 Å². The zero-order valence-electron chi connectivity index (χ0n) is 6.26. The monoisotopic (exact) mass is 273 g/mol. The summed E-state index contributed by atoms with van der Waals surface area (Å²) in [7, 11) is 0. The molecule has 0 aliphatic rings. The van der Waals surface area contributed by atoms with Crippen molar-refractivity contribution in [1.29, 1.82) is 0 Å². The first-order chi connectivity index (χ1) is 4.79. The fourth-order valence-electron chi connectivity index (χ4n) is 0.566. The molecule has 1 nitrogen and oxygen atoms in total. The number of nitrogens with two attached hydrogens (primary N) is 1. The van der Waals surface area contributed by atoms with E-state index in [4.69, 9.17) is 5.73 Å². The summed E-state index contributed by atoms with van der Waals surface area (Å²) in [6, 6.07) is 7.79. The van der Waals surface area contributed by atoms with E-state index in [1.807, 2.05) is 31.2 Å². The first-order valence-corrected chi connectivity index (χ1v) is 13.1. The Bertz CT molecular complexity index is 152. The Labute approximate surface area is 99.8 Å². The van der Waals surface area contributed by atoms with Crippen LogP contribution in [-0.4, -0.2) is 42.7 Å². The van der Waals surface area contributed by atoms with Crippen LogP contribution in [0.5, 0.6) is 0 Å². The van der Waals surface area contributed by atoms with Gasteiger partial charge < -0.3 is 5.73 Å². The molecule has 0 unspecified atom stereocenters. The van der Waals surface area contributed by atoms with Gasteiger partial charge in [0.05, 0.1) is 0 Å². The molecule has 0 atom stereocenters. The van der Waals surface area contributed by atoms with E-state index in [0.29, 0.717) is 0 Å². The summed E-state index contributed by atoms with van der Waals surface area (Å²) in [6.07, 6.45) is 0. The maximum atomic E-state index is 5.43. The van der Waals surface area contributed by atoms with Gasteiger partial charge in [0, 0.05) is 5.69 Å². The Morgan fingerprint density at radius 1 is 1.20 bits per heavy atom. The minimum absolute atomic E-state index is 0.829. The molecule has 0 aliphatic heterocycles. The van der Waals surface area contributed by atoms with E-state index in [-0.39, 0.29) is 0 Å². The Kier molecular flexibility index (Phi) is 8.04. The van der Waals surface area contributed by atoms with E-state index >= 15 is 0 Å². The van der Waals surface area contributed by atoms with Gasteiger partial charge in [-0.1, -0.05) is 17.7 Å². The molecule has 10 heavy (non-hydrogen) atoms. The number of halogens is 1. The summed E-state index contributed by atoms with van der Waals surface area (Å²) in [6.45, 7) is 2.04. The number of hydrogen-bond donors (Lipinski definition) is 1. The molecule has 1 aromatic rings. The van der Waals surface area contributed by atoms with Crippen molar-refractivity contribution < 1.29 is 0 Å². The van der Waals surface area contributed by atoms with Crippen molar-refractivity contribution in [2.24, 2.45) is 0 Å². The molecule has 0 amide bonds. The van der Waals surface area contributed by atoms with Crippen molar-refractivity contribution in [3.63, 3.8) is 0 Å². The van der Waals surface area contributed by atoms with Crippen LogP contribution in [0.3, 0.4) is 0 Å². The number of nitrogen functional groups attached to an aromatic ring is 1. The van der Waals surface area contributed by atoms with Gasteiger partial charge in [0.15, 0.2) is 0 Å². The molecule has 3 heteroatoms. The fraction of sp³-hybridized carbons (Fsp3) is 0.143. The van der Waals surface area contributed by atoms with Crippen LogP contribution in [0.1, 0.15) is 5.56 Å². The second kappa shape index (κ2) is 7.06. The second-order valence-corrected chi connectivity index (χ2v) is 1.91. The van der Waals surface area contributed by atoms with Crippen molar-refractivity contribution >= 4 is 59.7 Å². The van der Waals surface area contributed by atoms with E-state index < -0.39 is 0 Å². The number of hydrogen-bond acceptors (Lipinski definition) is 1. The molecule has 1 aromatic carbocycles. The van der Waals surface area contributed by atoms with Gasteiger partial charge in [0.1, 0.15) is 0 Å². The summed E-state index contributed by atoms with van der Waals surface area (Å²) >= 11 is 3.37. The Morgan fingerprint density at radius 3 is 1.90 bits per heavy atom. The predicted molar refractivity (Wildman–Crippen MR) is 55.4 cm³/mol. The van der Waals surface area contributed by atoms with Crippen LogP contribution in [0.4, 0.5) is 5.69 Å². The molecule has 0 heterocycles. The molecular formula is C7H9IKN. The summed E-state index contributed by atoms with van der Waals surface area (Å²) in [4.78, 5) is 0. The first-order valence-electron chi connectivity index (χ1n) is 2.99. The Hall–Kier alpha value is 1.39. The molecule has 0 bridgehead atoms. The zero-order valence-corrected chi connectivity index (χ0v) is 11.5. The third-order valence-corrected chi connectivity index (χ3v) is 1.08. The Balaban J connectivity index is 0.000000371. The SMILES string of the molecule is Cc1ccc(N)cc1.[K][I]. The van der Waals surface area contributed by atoms with E-state index in [0.717, 1.165) is 48.4 Å². The van der Waals surface area contributed by atoms with Crippen molar-refractivity contribution in [3.05, 3.63) is 29.8 Å². The van der Waals surface area contributed by atoms with Gasteiger partial charge in [-0.05, 0) is 19.1 Å². The van der Waals surface area contributed by atoms with Crippen molar-refractivity contribution in [1.82, 2.24) is 0 Å². The van der Waals surface area contributed by atoms with Crippen LogP contribution in [-0.2, 0) is 0 Å². The fourth-order valence-corrected chi connectivity index (χ4v) is 0.566. The van der Waals surface area contributed by atoms with E-state index in [9.17, 15) is 0 Å². The summed E-state index contributed by atoms with van der Waals surface area (Å²) < 4.78 is 0. The number of benzene rings is 1. The molecule has 0 aliphatic carbocycles. The van der Waals surface area contributed by atoms with E-state index in [1.54, 1.807) is 0 Å². The number of anilines is 1. The first kappa shape index (κ1) is 11.4. The number of aryl methyl sites for hydroxylation is 1. The molecule has 0 fully saturated rings. The third kappa shape index (κ3) is 5.09. The molecular weight excluding hydrogens is 264 g/mol. The summed E-state index contributed by atoms with van der Waals surface area (Å²) in [5, 5.41) is 0. The van der Waals surface area contributed by atoms with Gasteiger partial charge in [-0.3, -0.25) is 0 Å². The van der Waals surface area contributed by atoms with Gasteiger partial charge in [-0.25, -0.2) is 0 Å². The normalized spacial score (nSPS) is 8.00. The van der Waals surface area contributed by atoms with Gasteiger partial charge in [-0.2, -0.15) is 0 Å². The molecule has 1 rings (SSSR count). The predicted octanol–water partition coefficient (Wildman–Crippen LogP) is 2.08. The van der Waals surface area contributed by atoms with Crippen molar-refractivity contribution in [2.75, 3.05) is 5.73 Å². The van der Waals surface area contributed by atoms with Gasteiger partial charge in [0.2, 0.25) is 0 Å². The molecule has 50 valence electrons. The zero-order chi connectivity index (χ0) is 7.98. The van der Waals surface area contributed by atoms with Crippen molar-refractivity contribution in [2.45, 2.75) is 6.92 Å². The average Bonchev–Trinajstić information content (AvgIpc) is 2.00. The molecule has 0 spiro atoms. The molecule has 0 saturated heterocycles. The maximum absolute atomic E-state index is 5.43. The van der Waals surface area contributed by atoms with Gasteiger partial charge in [0.25, 0.3) is 0 Å². The van der Waals surface area contributed by atoms with Crippen LogP contribution in [0.2, 0.25) is 0 Å². The Morgan fingerprint density at radius 2 is 1.60 bits per heavy atom. The molecule has 0 radical (unpaired) electrons. The van der Waals surface area contributed by atoms with Crippen LogP contribution in [0.15, 0.2) is 24.3 Å². The standard InChI is InChI=1S/C7H9N.HI.K/c1-6-2-4-7(8)5-3-6;;/h2-5H,8H2,1H3;1H;/q;;+1/p-1. The van der Waals surface area contributed by atoms with E-state index in [2.05, 4.69) is 11.3 Å². The summed E-state index contributed by atoms with van der Waals surface area (Å²) in [5.41, 5.74) is 7.51. The van der Waals surface area contributed by atoms with Crippen LogP contribution >= 0.6 is 11.3 Å². The summed E-state index contributed by atoms with van der Waals surface area (Å²) in [5.74, 6) is 0. The van der Waals surface area contributed by atoms with Crippen molar-refractivity contribution in [3.8, 4) is 0 Å². The minimum atomic E-state index is 0.829. The molecule has 0 saturated carbocycles. The van der Waals surface area contributed by atoms with E-state index in [1.165, 1.54) is 5.56 Å². The topological polar surface area (TPSA) is 26.0 Å². The average molecular weight is 273 g/mol. The quantitative estimate of drug-likeness (QED) is 0.437. The van der Waals surface area contributed by atoms with Crippen LogP contribution < -0.4 is 5.73 Å². The van der Waals surface area contributed by atoms with Crippen LogP contribution in [0, 0.1) is 6.92 Å². The van der Waals surface area contributed by atoms with Crippen LogP contribution in [0.25, 0.3) is 0 Å². The second-order valence-electron chi connectivity index (χ2n) is 1.91. The van der Waals surface area contributed by atoms with Gasteiger partial charge >= 0.3 is 54.0 Å². The molecule has 0 aromatic heterocycles. The molecule has 2 N–H and O–H groups in total. The third-order valence-electron chi connectivity index (χ3n) is 1.08. The number of rotatable bonds is 0.